The van der Waals surface area contributed by atoms with E-state index in [0.29, 0.717) is 32.5 Å². The molecule has 1 aromatic carbocycles. The molecule has 154 valence electrons. The van der Waals surface area contributed by atoms with Crippen molar-refractivity contribution in [3.63, 3.8) is 0 Å². The quantitative estimate of drug-likeness (QED) is 0.654. The van der Waals surface area contributed by atoms with Gasteiger partial charge in [0.25, 0.3) is 0 Å². The van der Waals surface area contributed by atoms with E-state index < -0.39 is 39.7 Å². The summed E-state index contributed by atoms with van der Waals surface area (Å²) in [5.41, 5.74) is 3.45. The number of hydrogen-bond acceptors (Lipinski definition) is 6. The number of aromatic carboxylic acids is 1. The second-order valence-electron chi connectivity index (χ2n) is 7.80. The molecule has 5 rings (SSSR count). The van der Waals surface area contributed by atoms with Gasteiger partial charge in [-0.3, -0.25) is 4.79 Å². The van der Waals surface area contributed by atoms with Crippen LogP contribution in [0.2, 0.25) is 0 Å². The molecule has 1 saturated carbocycles. The Morgan fingerprint density at radius 2 is 2.03 bits per heavy atom. The lowest BCUT2D eigenvalue weighted by atomic mass is 10.1. The lowest BCUT2D eigenvalue weighted by Crippen LogP contribution is -2.47. The van der Waals surface area contributed by atoms with Gasteiger partial charge >= 0.3 is 5.97 Å². The predicted molar refractivity (Wildman–Crippen MR) is 102 cm³/mol. The number of fused-ring (bicyclic) bond motifs is 2. The smallest absolute Gasteiger partial charge is 0.341 e. The van der Waals surface area contributed by atoms with Crippen molar-refractivity contribution in [1.82, 2.24) is 9.88 Å². The van der Waals surface area contributed by atoms with Crippen LogP contribution >= 0.6 is 0 Å². The van der Waals surface area contributed by atoms with E-state index in [1.807, 2.05) is 0 Å². The maximum Gasteiger partial charge on any atom is 0.341 e. The topological polar surface area (TPSA) is 110 Å². The van der Waals surface area contributed by atoms with Crippen molar-refractivity contribution in [2.24, 2.45) is 0 Å². The molecule has 0 radical (unpaired) electrons. The maximum atomic E-state index is 15.7. The summed E-state index contributed by atoms with van der Waals surface area (Å²) in [5, 5.41) is 12.2. The summed E-state index contributed by atoms with van der Waals surface area (Å²) in [6, 6.07) is -0.200. The third-order valence-electron chi connectivity index (χ3n) is 5.96. The molecule has 1 aliphatic carbocycles. The number of carboxylic acids is 1. The average molecular weight is 406 g/mol. The number of aromatic nitrogens is 1. The first-order valence-electron chi connectivity index (χ1n) is 9.57. The molecule has 3 aliphatic rings. The molecular weight excluding hydrogens is 386 g/mol. The first-order valence-corrected chi connectivity index (χ1v) is 9.57. The standard InChI is InChI=1S/C19H20F2N4O4/c20-13-15(22)12-16(25(8-1-2-8)5-9(18(12)26)19(27)28)14(21)17(13)24-6-10-11(7-24)29-4-3-23-10/h5,8,10-11,23H,1-4,6-7,22H2,(H,27,28)/t10-,11+/m0/s1. The average Bonchev–Trinajstić information content (AvgIpc) is 3.44. The van der Waals surface area contributed by atoms with Gasteiger partial charge in [-0.1, -0.05) is 0 Å². The summed E-state index contributed by atoms with van der Waals surface area (Å²) >= 11 is 0. The highest BCUT2D eigenvalue weighted by Crippen LogP contribution is 2.42. The lowest BCUT2D eigenvalue weighted by Gasteiger charge is -2.25. The first-order chi connectivity index (χ1) is 13.9. The van der Waals surface area contributed by atoms with E-state index in [9.17, 15) is 14.7 Å². The number of rotatable bonds is 3. The van der Waals surface area contributed by atoms with Crippen molar-refractivity contribution in [3.8, 4) is 0 Å². The van der Waals surface area contributed by atoms with Crippen LogP contribution in [-0.4, -0.2) is 54.0 Å². The summed E-state index contributed by atoms with van der Waals surface area (Å²) in [5.74, 6) is -3.40. The van der Waals surface area contributed by atoms with E-state index in [1.165, 1.54) is 4.57 Å². The number of anilines is 2. The highest BCUT2D eigenvalue weighted by Gasteiger charge is 2.39. The third-order valence-corrected chi connectivity index (χ3v) is 5.96. The Morgan fingerprint density at radius 1 is 1.28 bits per heavy atom. The largest absolute Gasteiger partial charge is 0.477 e. The molecule has 10 heteroatoms. The van der Waals surface area contributed by atoms with Gasteiger partial charge in [0, 0.05) is 31.9 Å². The van der Waals surface area contributed by atoms with Gasteiger partial charge in [-0.05, 0) is 12.8 Å². The first kappa shape index (κ1) is 18.3. The van der Waals surface area contributed by atoms with E-state index in [4.69, 9.17) is 10.5 Å². The number of ether oxygens (including phenoxy) is 1. The van der Waals surface area contributed by atoms with Crippen LogP contribution in [0.5, 0.6) is 0 Å². The summed E-state index contributed by atoms with van der Waals surface area (Å²) in [6.07, 6.45) is 2.38. The van der Waals surface area contributed by atoms with Gasteiger partial charge in [0.1, 0.15) is 11.3 Å². The Balaban J connectivity index is 1.75. The minimum Gasteiger partial charge on any atom is -0.477 e. The molecule has 2 atom stereocenters. The minimum atomic E-state index is -1.46. The molecule has 1 aromatic heterocycles. The number of halogens is 2. The van der Waals surface area contributed by atoms with Crippen LogP contribution in [0.3, 0.4) is 0 Å². The summed E-state index contributed by atoms with van der Waals surface area (Å²) < 4.78 is 38.0. The van der Waals surface area contributed by atoms with Gasteiger partial charge in [0.2, 0.25) is 5.43 Å². The van der Waals surface area contributed by atoms with E-state index in [-0.39, 0.29) is 35.9 Å². The molecule has 0 amide bonds. The summed E-state index contributed by atoms with van der Waals surface area (Å²) in [4.78, 5) is 25.7. The van der Waals surface area contributed by atoms with Crippen molar-refractivity contribution in [3.05, 3.63) is 33.6 Å². The zero-order chi connectivity index (χ0) is 20.4. The molecule has 4 N–H and O–H groups in total. The van der Waals surface area contributed by atoms with Crippen molar-refractivity contribution in [2.75, 3.05) is 36.9 Å². The van der Waals surface area contributed by atoms with Crippen molar-refractivity contribution >= 4 is 28.2 Å². The Morgan fingerprint density at radius 3 is 2.69 bits per heavy atom. The number of nitrogens with two attached hydrogens (primary N) is 1. The molecule has 3 heterocycles. The minimum absolute atomic E-state index is 0.0560. The predicted octanol–water partition coefficient (Wildman–Crippen LogP) is 1.07. The number of benzene rings is 1. The fourth-order valence-corrected chi connectivity index (χ4v) is 4.40. The maximum absolute atomic E-state index is 15.7. The van der Waals surface area contributed by atoms with Crippen LogP contribution in [0.25, 0.3) is 10.9 Å². The van der Waals surface area contributed by atoms with Crippen molar-refractivity contribution < 1.29 is 23.4 Å². The van der Waals surface area contributed by atoms with Gasteiger partial charge in [-0.2, -0.15) is 0 Å². The van der Waals surface area contributed by atoms with Gasteiger partial charge < -0.3 is 30.4 Å². The van der Waals surface area contributed by atoms with Gasteiger partial charge in [-0.15, -0.1) is 0 Å². The number of pyridine rings is 1. The molecule has 0 bridgehead atoms. The number of nitrogens with zero attached hydrogens (tertiary/aromatic N) is 2. The molecular formula is C19H20F2N4O4. The van der Waals surface area contributed by atoms with Gasteiger partial charge in [0.15, 0.2) is 11.6 Å². The number of carbonyl (C=O) groups is 1. The van der Waals surface area contributed by atoms with Crippen LogP contribution < -0.4 is 21.4 Å². The molecule has 0 spiro atoms. The molecule has 0 unspecified atom stereocenters. The zero-order valence-corrected chi connectivity index (χ0v) is 15.5. The summed E-state index contributed by atoms with van der Waals surface area (Å²) in [6.45, 7) is 1.82. The summed E-state index contributed by atoms with van der Waals surface area (Å²) in [7, 11) is 0. The van der Waals surface area contributed by atoms with Crippen LogP contribution in [0.1, 0.15) is 29.2 Å². The van der Waals surface area contributed by atoms with Crippen LogP contribution in [0, 0.1) is 11.6 Å². The highest BCUT2D eigenvalue weighted by molar-refractivity contribution is 5.99. The van der Waals surface area contributed by atoms with Crippen LogP contribution in [0.15, 0.2) is 11.0 Å². The Hall–Kier alpha value is -2.72. The number of morpholine rings is 1. The normalized spacial score (nSPS) is 24.1. The zero-order valence-electron chi connectivity index (χ0n) is 15.5. The fourth-order valence-electron chi connectivity index (χ4n) is 4.40. The number of hydrogen-bond donors (Lipinski definition) is 3. The van der Waals surface area contributed by atoms with Gasteiger partial charge in [0.05, 0.1) is 35.3 Å². The monoisotopic (exact) mass is 406 g/mol. The van der Waals surface area contributed by atoms with E-state index in [2.05, 4.69) is 5.32 Å². The highest BCUT2D eigenvalue weighted by atomic mass is 19.1. The molecule has 2 aromatic rings. The molecule has 2 saturated heterocycles. The van der Waals surface area contributed by atoms with E-state index in [1.54, 1.807) is 4.90 Å². The number of carboxylic acid groups (broad SMARTS) is 1. The van der Waals surface area contributed by atoms with Crippen LogP contribution in [0.4, 0.5) is 20.2 Å². The molecule has 29 heavy (non-hydrogen) atoms. The van der Waals surface area contributed by atoms with Gasteiger partial charge in [-0.25, -0.2) is 13.6 Å². The number of nitrogen functional groups attached to an aromatic ring is 1. The lowest BCUT2D eigenvalue weighted by molar-refractivity contribution is 0.0212. The van der Waals surface area contributed by atoms with Crippen molar-refractivity contribution in [2.45, 2.75) is 31.0 Å². The Kier molecular flexibility index (Phi) is 4.04. The fraction of sp³-hybridized carbons (Fsp3) is 0.474. The number of nitrogens with one attached hydrogen (secondary N) is 1. The Bertz CT molecular complexity index is 1080. The molecule has 2 aliphatic heterocycles. The van der Waals surface area contributed by atoms with Crippen molar-refractivity contribution in [1.29, 1.82) is 0 Å². The van der Waals surface area contributed by atoms with E-state index in [0.717, 1.165) is 6.20 Å². The molecule has 8 nitrogen and oxygen atoms in total. The SMILES string of the molecule is Nc1c(F)c(N2C[C@@H]3NCCO[C@@H]3C2)c(F)c2c1c(=O)c(C(=O)O)cn2C1CC1. The Labute approximate surface area is 163 Å². The second-order valence-corrected chi connectivity index (χ2v) is 7.80. The second kappa shape index (κ2) is 6.39. The third kappa shape index (κ3) is 2.70. The van der Waals surface area contributed by atoms with E-state index >= 15 is 8.78 Å². The van der Waals surface area contributed by atoms with Crippen LogP contribution in [-0.2, 0) is 4.74 Å². The molecule has 3 fully saturated rings.